The molecule has 1 aromatic rings. The molecule has 0 amide bonds. The van der Waals surface area contributed by atoms with Crippen LogP contribution in [-0.4, -0.2) is 48.6 Å². The van der Waals surface area contributed by atoms with Gasteiger partial charge in [-0.15, -0.1) is 0 Å². The Hall–Kier alpha value is -0.820. The topological polar surface area (TPSA) is 6.48 Å². The lowest BCUT2D eigenvalue weighted by Crippen LogP contribution is -2.49. The lowest BCUT2D eigenvalue weighted by Gasteiger charge is -2.37. The summed E-state index contributed by atoms with van der Waals surface area (Å²) in [5, 5.41) is 0. The maximum atomic E-state index is 13.6. The molecule has 1 atom stereocenters. The van der Waals surface area contributed by atoms with Crippen molar-refractivity contribution < 1.29 is 17.6 Å². The molecule has 112 valence electrons. The van der Waals surface area contributed by atoms with Crippen LogP contribution in [0, 0.1) is 5.82 Å². The number of benzene rings is 1. The molecule has 0 aliphatic carbocycles. The number of hydrogen-bond acceptors (Lipinski definition) is 2. The van der Waals surface area contributed by atoms with Crippen molar-refractivity contribution in [1.82, 2.24) is 4.90 Å². The van der Waals surface area contributed by atoms with Crippen molar-refractivity contribution in [3.8, 4) is 0 Å². The van der Waals surface area contributed by atoms with E-state index in [0.29, 0.717) is 31.9 Å². The predicted molar refractivity (Wildman–Crippen MR) is 73.8 cm³/mol. The second-order valence-corrected chi connectivity index (χ2v) is 5.85. The van der Waals surface area contributed by atoms with Gasteiger partial charge in [-0.2, -0.15) is 13.2 Å². The Morgan fingerprint density at radius 1 is 1.10 bits per heavy atom. The molecule has 0 aromatic heterocycles. The molecule has 0 N–H and O–H groups in total. The number of alkyl halides is 4. The Labute approximate surface area is 123 Å². The van der Waals surface area contributed by atoms with E-state index in [-0.39, 0.29) is 12.4 Å². The fourth-order valence-electron chi connectivity index (χ4n) is 2.21. The quantitative estimate of drug-likeness (QED) is 0.607. The van der Waals surface area contributed by atoms with Crippen LogP contribution in [0.2, 0.25) is 0 Å². The highest BCUT2D eigenvalue weighted by molar-refractivity contribution is 9.09. The lowest BCUT2D eigenvalue weighted by atomic mass is 10.2. The molecule has 20 heavy (non-hydrogen) atoms. The van der Waals surface area contributed by atoms with E-state index in [4.69, 9.17) is 0 Å². The van der Waals surface area contributed by atoms with Crippen LogP contribution in [0.15, 0.2) is 24.3 Å². The smallest absolute Gasteiger partial charge is 0.367 e. The highest BCUT2D eigenvalue weighted by atomic mass is 79.9. The third-order valence-electron chi connectivity index (χ3n) is 3.34. The standard InChI is InChI=1S/C13H15BrF4N2/c14-12(13(16,17)18)9-19-5-7-20(8-6-19)11-4-2-1-3-10(11)15/h1-4,12H,5-9H2. The summed E-state index contributed by atoms with van der Waals surface area (Å²) in [7, 11) is 0. The molecule has 1 aliphatic heterocycles. The van der Waals surface area contributed by atoms with Gasteiger partial charge in [0.15, 0.2) is 0 Å². The van der Waals surface area contributed by atoms with Crippen molar-refractivity contribution in [3.05, 3.63) is 30.1 Å². The van der Waals surface area contributed by atoms with Crippen molar-refractivity contribution in [2.75, 3.05) is 37.6 Å². The summed E-state index contributed by atoms with van der Waals surface area (Å²) < 4.78 is 51.0. The first-order valence-corrected chi connectivity index (χ1v) is 7.22. The highest BCUT2D eigenvalue weighted by Gasteiger charge is 2.39. The average molecular weight is 355 g/mol. The van der Waals surface area contributed by atoms with E-state index < -0.39 is 11.0 Å². The van der Waals surface area contributed by atoms with Gasteiger partial charge in [0, 0.05) is 32.7 Å². The zero-order valence-corrected chi connectivity index (χ0v) is 12.3. The van der Waals surface area contributed by atoms with Crippen LogP contribution in [0.5, 0.6) is 0 Å². The number of para-hydroxylation sites is 1. The number of rotatable bonds is 3. The molecule has 2 rings (SSSR count). The second kappa shape index (κ2) is 6.30. The van der Waals surface area contributed by atoms with E-state index >= 15 is 0 Å². The summed E-state index contributed by atoms with van der Waals surface area (Å²) in [6, 6.07) is 6.45. The summed E-state index contributed by atoms with van der Waals surface area (Å²) in [6.45, 7) is 1.96. The van der Waals surface area contributed by atoms with Crippen molar-refractivity contribution >= 4 is 21.6 Å². The van der Waals surface area contributed by atoms with Crippen LogP contribution >= 0.6 is 15.9 Å². The molecule has 1 heterocycles. The fraction of sp³-hybridized carbons (Fsp3) is 0.538. The van der Waals surface area contributed by atoms with E-state index in [1.54, 1.807) is 23.1 Å². The molecule has 1 aliphatic rings. The summed E-state index contributed by atoms with van der Waals surface area (Å²) in [5.74, 6) is -0.297. The van der Waals surface area contributed by atoms with E-state index in [1.165, 1.54) is 6.07 Å². The summed E-state index contributed by atoms with van der Waals surface area (Å²) in [4.78, 5) is 2.09. The molecule has 1 unspecified atom stereocenters. The molecule has 7 heteroatoms. The van der Waals surface area contributed by atoms with Crippen molar-refractivity contribution in [2.45, 2.75) is 11.0 Å². The van der Waals surface area contributed by atoms with Crippen LogP contribution in [0.3, 0.4) is 0 Å². The van der Waals surface area contributed by atoms with E-state index in [2.05, 4.69) is 15.9 Å². The number of anilines is 1. The maximum absolute atomic E-state index is 13.6. The first-order chi connectivity index (χ1) is 9.38. The van der Waals surface area contributed by atoms with Crippen LogP contribution in [-0.2, 0) is 0 Å². The van der Waals surface area contributed by atoms with Crippen LogP contribution in [0.4, 0.5) is 23.2 Å². The summed E-state index contributed by atoms with van der Waals surface area (Å²) in [5.41, 5.74) is 0.512. The van der Waals surface area contributed by atoms with Gasteiger partial charge in [0.2, 0.25) is 0 Å². The molecule has 0 spiro atoms. The van der Waals surface area contributed by atoms with E-state index in [9.17, 15) is 17.6 Å². The van der Waals surface area contributed by atoms with Gasteiger partial charge in [0.05, 0.1) is 5.69 Å². The first-order valence-electron chi connectivity index (χ1n) is 6.30. The van der Waals surface area contributed by atoms with Gasteiger partial charge < -0.3 is 4.90 Å². The lowest BCUT2D eigenvalue weighted by molar-refractivity contribution is -0.130. The number of piperazine rings is 1. The average Bonchev–Trinajstić information content (AvgIpc) is 2.39. The van der Waals surface area contributed by atoms with Crippen LogP contribution in [0.25, 0.3) is 0 Å². The summed E-state index contributed by atoms with van der Waals surface area (Å²) in [6.07, 6.45) is -4.23. The van der Waals surface area contributed by atoms with Gasteiger partial charge in [-0.1, -0.05) is 28.1 Å². The maximum Gasteiger partial charge on any atom is 0.402 e. The molecule has 0 saturated carbocycles. The van der Waals surface area contributed by atoms with Gasteiger partial charge >= 0.3 is 6.18 Å². The van der Waals surface area contributed by atoms with E-state index in [1.807, 2.05) is 4.90 Å². The number of halogens is 5. The monoisotopic (exact) mass is 354 g/mol. The van der Waals surface area contributed by atoms with Gasteiger partial charge in [-0.25, -0.2) is 4.39 Å². The van der Waals surface area contributed by atoms with Crippen LogP contribution in [0.1, 0.15) is 0 Å². The molecule has 2 nitrogen and oxygen atoms in total. The van der Waals surface area contributed by atoms with Gasteiger partial charge in [-0.3, -0.25) is 4.90 Å². The molecule has 0 radical (unpaired) electrons. The normalized spacial score (nSPS) is 19.1. The predicted octanol–water partition coefficient (Wildman–Crippen LogP) is 3.27. The van der Waals surface area contributed by atoms with Crippen LogP contribution < -0.4 is 4.90 Å². The third kappa shape index (κ3) is 3.85. The fourth-order valence-corrected chi connectivity index (χ4v) is 2.62. The minimum absolute atomic E-state index is 0.0748. The minimum atomic E-state index is -4.23. The Morgan fingerprint density at radius 2 is 1.70 bits per heavy atom. The van der Waals surface area contributed by atoms with E-state index in [0.717, 1.165) is 0 Å². The SMILES string of the molecule is Fc1ccccc1N1CCN(CC(Br)C(F)(F)F)CC1. The number of nitrogens with zero attached hydrogens (tertiary/aromatic N) is 2. The molecule has 1 aromatic carbocycles. The van der Waals surface area contributed by atoms with Gasteiger partial charge in [0.1, 0.15) is 10.6 Å². The molecule has 0 bridgehead atoms. The molecular formula is C13H15BrF4N2. The molecule has 1 saturated heterocycles. The zero-order chi connectivity index (χ0) is 14.8. The Balaban J connectivity index is 1.88. The molecular weight excluding hydrogens is 340 g/mol. The van der Waals surface area contributed by atoms with Crippen molar-refractivity contribution in [1.29, 1.82) is 0 Å². The van der Waals surface area contributed by atoms with Crippen molar-refractivity contribution in [3.63, 3.8) is 0 Å². The zero-order valence-electron chi connectivity index (χ0n) is 10.7. The van der Waals surface area contributed by atoms with Gasteiger partial charge in [0.25, 0.3) is 0 Å². The second-order valence-electron chi connectivity index (χ2n) is 4.75. The Kier molecular flexibility index (Phi) is 4.90. The van der Waals surface area contributed by atoms with Gasteiger partial charge in [-0.05, 0) is 12.1 Å². The highest BCUT2D eigenvalue weighted by Crippen LogP contribution is 2.27. The van der Waals surface area contributed by atoms with Crippen molar-refractivity contribution in [2.24, 2.45) is 0 Å². The summed E-state index contributed by atoms with van der Waals surface area (Å²) >= 11 is 2.67. The Bertz CT molecular complexity index is 444. The first kappa shape index (κ1) is 15.6. The molecule has 1 fully saturated rings. The third-order valence-corrected chi connectivity index (χ3v) is 4.15. The number of hydrogen-bond donors (Lipinski definition) is 0. The minimum Gasteiger partial charge on any atom is -0.367 e. The Morgan fingerprint density at radius 3 is 2.25 bits per heavy atom. The largest absolute Gasteiger partial charge is 0.402 e.